The minimum absolute atomic E-state index is 0. The summed E-state index contributed by atoms with van der Waals surface area (Å²) < 4.78 is 62.2. The van der Waals surface area contributed by atoms with Gasteiger partial charge in [0.2, 0.25) is 0 Å². The van der Waals surface area contributed by atoms with Crippen molar-refractivity contribution in [3.8, 4) is 0 Å². The molecule has 0 spiro atoms. The molecule has 0 aliphatic heterocycles. The van der Waals surface area contributed by atoms with E-state index in [1.807, 2.05) is 22.6 Å². The van der Waals surface area contributed by atoms with Gasteiger partial charge < -0.3 is 28.5 Å². The summed E-state index contributed by atoms with van der Waals surface area (Å²) in [7, 11) is 0. The van der Waals surface area contributed by atoms with Crippen molar-refractivity contribution in [1.82, 2.24) is 0 Å². The summed E-state index contributed by atoms with van der Waals surface area (Å²) in [5.74, 6) is -5.09. The smallest absolute Gasteiger partial charge is 0.306 e. The predicted octanol–water partition coefficient (Wildman–Crippen LogP) is 3.21. The summed E-state index contributed by atoms with van der Waals surface area (Å²) in [6.45, 7) is 0.966. The van der Waals surface area contributed by atoms with Crippen LogP contribution in [0.1, 0.15) is 27.9 Å². The first-order valence-corrected chi connectivity index (χ1v) is 11.5. The van der Waals surface area contributed by atoms with Crippen molar-refractivity contribution in [3.63, 3.8) is 0 Å². The van der Waals surface area contributed by atoms with Crippen molar-refractivity contribution in [2.24, 2.45) is 5.92 Å². The summed E-state index contributed by atoms with van der Waals surface area (Å²) in [5, 5.41) is 0. The van der Waals surface area contributed by atoms with Crippen molar-refractivity contribution in [3.05, 3.63) is 68.0 Å². The summed E-state index contributed by atoms with van der Waals surface area (Å²) in [6.07, 6.45) is -0.584. The van der Waals surface area contributed by atoms with Crippen molar-refractivity contribution in [1.29, 1.82) is 0 Å². The van der Waals surface area contributed by atoms with E-state index >= 15 is 0 Å². The largest absolute Gasteiger partial charge is 0.652 e. The van der Waals surface area contributed by atoms with Crippen LogP contribution in [-0.2, 0) is 105 Å². The van der Waals surface area contributed by atoms with E-state index in [0.717, 1.165) is 12.1 Å². The number of rotatable bonds is 16. The Morgan fingerprint density at radius 2 is 1.58 bits per heavy atom. The number of hydrogen-bond donors (Lipinski definition) is 0. The molecule has 0 heterocycles. The monoisotopic (exact) mass is 798 g/mol. The van der Waals surface area contributed by atoms with Gasteiger partial charge in [0, 0.05) is 92.5 Å². The number of carbonyl (C=O) groups excluding carboxylic acids is 4. The van der Waals surface area contributed by atoms with Gasteiger partial charge in [-0.3, -0.25) is 9.59 Å². The molecule has 0 N–H and O–H groups in total. The molecule has 0 aromatic heterocycles. The van der Waals surface area contributed by atoms with Crippen LogP contribution in [0.4, 0.5) is 13.2 Å². The second-order valence-corrected chi connectivity index (χ2v) is 8.60. The fourth-order valence-electron chi connectivity index (χ4n) is 3.10. The molecular weight excluding hydrogens is 778 g/mol. The zero-order valence-corrected chi connectivity index (χ0v) is 27.7. The van der Waals surface area contributed by atoms with Crippen LogP contribution in [0.25, 0.3) is 0 Å². The van der Waals surface area contributed by atoms with Crippen LogP contribution in [0.3, 0.4) is 0 Å². The molecule has 14 heteroatoms. The van der Waals surface area contributed by atoms with Gasteiger partial charge in [0.1, 0.15) is 19.0 Å². The number of esters is 1. The van der Waals surface area contributed by atoms with E-state index in [1.165, 1.54) is 25.1 Å². The van der Waals surface area contributed by atoms with Crippen LogP contribution < -0.4 is 0 Å². The Balaban J connectivity index is 0.00000684. The molecule has 2 aromatic carbocycles. The molecule has 2 radical (unpaired) electrons. The number of ketones is 1. The Hall–Kier alpha value is -0.792. The Morgan fingerprint density at radius 3 is 2.18 bits per heavy atom. The van der Waals surface area contributed by atoms with Crippen LogP contribution in [0, 0.1) is 26.9 Å². The SMILES string of the molecule is O=[C-]OCC(CO[C-]=O)CC(=O)OCCOCC(=O)c1ccc(F)c(F)c1Cc1ccc(I)cc1F.[Y].[Y]. The molecule has 2 rings (SSSR count). The van der Waals surface area contributed by atoms with Crippen LogP contribution in [-0.4, -0.2) is 57.7 Å². The third kappa shape index (κ3) is 12.6. The molecule has 200 valence electrons. The van der Waals surface area contributed by atoms with Gasteiger partial charge in [-0.1, -0.05) is 19.0 Å². The van der Waals surface area contributed by atoms with Gasteiger partial charge in [0.25, 0.3) is 0 Å². The molecule has 0 atom stereocenters. The van der Waals surface area contributed by atoms with E-state index in [9.17, 15) is 32.3 Å². The van der Waals surface area contributed by atoms with E-state index in [2.05, 4.69) is 9.47 Å². The van der Waals surface area contributed by atoms with Crippen molar-refractivity contribution in [2.75, 3.05) is 33.0 Å². The predicted molar refractivity (Wildman–Crippen MR) is 126 cm³/mol. The van der Waals surface area contributed by atoms with Gasteiger partial charge in [-0.25, -0.2) is 13.2 Å². The fraction of sp³-hybridized carbons (Fsp3) is 0.333. The topological polar surface area (TPSA) is 105 Å². The zero-order valence-electron chi connectivity index (χ0n) is 19.8. The molecule has 0 unspecified atom stereocenters. The first-order chi connectivity index (χ1) is 17.3. The van der Waals surface area contributed by atoms with Gasteiger partial charge in [-0.2, -0.15) is 0 Å². The number of ether oxygens (including phenoxy) is 4. The van der Waals surface area contributed by atoms with Gasteiger partial charge >= 0.3 is 5.97 Å². The normalized spacial score (nSPS) is 10.1. The summed E-state index contributed by atoms with van der Waals surface area (Å²) >= 11 is 1.91. The quantitative estimate of drug-likeness (QED) is 0.0638. The molecule has 8 nitrogen and oxygen atoms in total. The Kier molecular flexibility index (Phi) is 19.7. The van der Waals surface area contributed by atoms with E-state index in [0.29, 0.717) is 3.57 Å². The summed E-state index contributed by atoms with van der Waals surface area (Å²) in [6, 6.07) is 6.17. The number of Topliss-reactive ketones (excluding diaryl/α,β-unsaturated/α-hetero) is 1. The van der Waals surface area contributed by atoms with Crippen LogP contribution >= 0.6 is 22.6 Å². The van der Waals surface area contributed by atoms with Crippen LogP contribution in [0.2, 0.25) is 0 Å². The molecule has 0 fully saturated rings. The Labute approximate surface area is 280 Å². The second-order valence-electron chi connectivity index (χ2n) is 7.36. The molecular formula is C24H20F3IO8Y2-2. The first kappa shape index (κ1) is 37.2. The first-order valence-electron chi connectivity index (χ1n) is 10.4. The molecule has 0 amide bonds. The molecule has 0 saturated heterocycles. The Bertz CT molecular complexity index is 1080. The molecule has 0 aliphatic carbocycles. The number of halogens is 4. The number of hydrogen-bond acceptors (Lipinski definition) is 8. The summed E-state index contributed by atoms with van der Waals surface area (Å²) in [5.41, 5.74) is -0.371. The van der Waals surface area contributed by atoms with Gasteiger partial charge in [0.05, 0.1) is 26.2 Å². The Morgan fingerprint density at radius 1 is 0.921 bits per heavy atom. The van der Waals surface area contributed by atoms with E-state index < -0.39 is 41.7 Å². The zero-order chi connectivity index (χ0) is 26.5. The summed E-state index contributed by atoms with van der Waals surface area (Å²) in [4.78, 5) is 44.8. The number of benzene rings is 2. The average Bonchev–Trinajstić information content (AvgIpc) is 2.84. The van der Waals surface area contributed by atoms with Gasteiger partial charge in [-0.05, 0) is 52.4 Å². The van der Waals surface area contributed by atoms with Crippen LogP contribution in [0.15, 0.2) is 30.3 Å². The fourth-order valence-corrected chi connectivity index (χ4v) is 3.56. The van der Waals surface area contributed by atoms with Gasteiger partial charge in [0.15, 0.2) is 17.4 Å². The van der Waals surface area contributed by atoms with Crippen LogP contribution in [0.5, 0.6) is 0 Å². The van der Waals surface area contributed by atoms with Crippen molar-refractivity contribution in [2.45, 2.75) is 12.8 Å². The second kappa shape index (κ2) is 20.1. The third-order valence-electron chi connectivity index (χ3n) is 4.81. The average molecular weight is 798 g/mol. The molecule has 38 heavy (non-hydrogen) atoms. The minimum Gasteiger partial charge on any atom is -0.652 e. The number of carbonyl (C=O) groups is 2. The van der Waals surface area contributed by atoms with Crippen molar-refractivity contribution < 1.29 is 117 Å². The minimum atomic E-state index is -1.25. The third-order valence-corrected chi connectivity index (χ3v) is 5.48. The standard InChI is InChI=1S/C24H20F3IO8.2Y/c25-20-4-3-18(19(24(20)27)8-16-1-2-17(28)9-21(16)26)22(31)12-33-5-6-36-23(32)7-15(10-34-13-29)11-35-14-30;;/h1-4,9,15H,5-8,10-12H2;;/q-2;;. The molecule has 0 aliphatic rings. The maximum atomic E-state index is 14.5. The van der Waals surface area contributed by atoms with Gasteiger partial charge in [-0.15, -0.1) is 0 Å². The molecule has 0 bridgehead atoms. The van der Waals surface area contributed by atoms with E-state index in [-0.39, 0.29) is 121 Å². The maximum absolute atomic E-state index is 14.5. The maximum Gasteiger partial charge on any atom is 0.306 e. The van der Waals surface area contributed by atoms with E-state index in [1.54, 1.807) is 6.07 Å². The molecule has 0 saturated carbocycles. The van der Waals surface area contributed by atoms with Crippen molar-refractivity contribution >= 4 is 47.3 Å². The van der Waals surface area contributed by atoms with E-state index in [4.69, 9.17) is 9.47 Å². The molecule has 2 aromatic rings.